The van der Waals surface area contributed by atoms with Crippen molar-refractivity contribution in [1.82, 2.24) is 5.43 Å². The van der Waals surface area contributed by atoms with E-state index in [9.17, 15) is 0 Å². The molecule has 1 fully saturated rings. The number of nitrogens with one attached hydrogen (secondary N) is 1. The number of hydrogen-bond donors (Lipinski definition) is 2. The lowest BCUT2D eigenvalue weighted by molar-refractivity contribution is 0.201. The summed E-state index contributed by atoms with van der Waals surface area (Å²) in [5, 5.41) is 0. The van der Waals surface area contributed by atoms with Crippen LogP contribution in [-0.2, 0) is 0 Å². The summed E-state index contributed by atoms with van der Waals surface area (Å²) in [6.45, 7) is 9.33. The zero-order valence-electron chi connectivity index (χ0n) is 12.3. The van der Waals surface area contributed by atoms with Crippen LogP contribution in [0, 0.1) is 17.3 Å². The largest absolute Gasteiger partial charge is 0.271 e. The summed E-state index contributed by atoms with van der Waals surface area (Å²) in [7, 11) is 0. The summed E-state index contributed by atoms with van der Waals surface area (Å²) >= 11 is 0. The topological polar surface area (TPSA) is 38.0 Å². The van der Waals surface area contributed by atoms with E-state index in [1.165, 1.54) is 44.9 Å². The Kier molecular flexibility index (Phi) is 5.94. The molecule has 1 rings (SSSR count). The molecule has 1 saturated carbocycles. The first-order valence-electron chi connectivity index (χ1n) is 7.39. The van der Waals surface area contributed by atoms with Gasteiger partial charge in [-0.3, -0.25) is 11.3 Å². The fraction of sp³-hybridized carbons (Fsp3) is 1.00. The van der Waals surface area contributed by atoms with Crippen LogP contribution in [0.15, 0.2) is 0 Å². The first-order valence-corrected chi connectivity index (χ1v) is 7.39. The fourth-order valence-electron chi connectivity index (χ4n) is 2.84. The van der Waals surface area contributed by atoms with E-state index in [2.05, 4.69) is 33.1 Å². The SMILES string of the molecule is CC(CC(CC1CCCCC1)NN)C(C)(C)C. The Morgan fingerprint density at radius 1 is 1.18 bits per heavy atom. The minimum absolute atomic E-state index is 0.391. The van der Waals surface area contributed by atoms with Gasteiger partial charge in [-0.25, -0.2) is 0 Å². The van der Waals surface area contributed by atoms with Crippen LogP contribution in [0.25, 0.3) is 0 Å². The van der Waals surface area contributed by atoms with Gasteiger partial charge in [0, 0.05) is 6.04 Å². The third-order valence-corrected chi connectivity index (χ3v) is 4.69. The zero-order valence-corrected chi connectivity index (χ0v) is 12.3. The number of nitrogens with two attached hydrogens (primary N) is 1. The molecule has 3 N–H and O–H groups in total. The first-order chi connectivity index (χ1) is 7.93. The number of hydrazine groups is 1. The maximum absolute atomic E-state index is 5.73. The van der Waals surface area contributed by atoms with Gasteiger partial charge in [0.15, 0.2) is 0 Å². The van der Waals surface area contributed by atoms with Gasteiger partial charge in [0.1, 0.15) is 0 Å². The molecule has 0 aliphatic heterocycles. The van der Waals surface area contributed by atoms with Crippen molar-refractivity contribution in [2.45, 2.75) is 78.7 Å². The molecule has 0 amide bonds. The minimum Gasteiger partial charge on any atom is -0.271 e. The van der Waals surface area contributed by atoms with Crippen LogP contribution in [0.4, 0.5) is 0 Å². The van der Waals surface area contributed by atoms with Crippen molar-refractivity contribution < 1.29 is 0 Å². The van der Waals surface area contributed by atoms with E-state index in [0.717, 1.165) is 5.92 Å². The van der Waals surface area contributed by atoms with Crippen molar-refractivity contribution in [1.29, 1.82) is 0 Å². The van der Waals surface area contributed by atoms with E-state index in [1.54, 1.807) is 0 Å². The van der Waals surface area contributed by atoms with Gasteiger partial charge in [-0.05, 0) is 30.1 Å². The Morgan fingerprint density at radius 3 is 2.24 bits per heavy atom. The van der Waals surface area contributed by atoms with Crippen molar-refractivity contribution in [3.05, 3.63) is 0 Å². The summed E-state index contributed by atoms with van der Waals surface area (Å²) in [5.74, 6) is 7.36. The Morgan fingerprint density at radius 2 is 1.76 bits per heavy atom. The highest BCUT2D eigenvalue weighted by Crippen LogP contribution is 2.32. The highest BCUT2D eigenvalue weighted by Gasteiger charge is 2.25. The third kappa shape index (κ3) is 5.39. The first kappa shape index (κ1) is 15.0. The molecule has 0 bridgehead atoms. The summed E-state index contributed by atoms with van der Waals surface area (Å²) in [5.41, 5.74) is 3.44. The van der Waals surface area contributed by atoms with Crippen molar-refractivity contribution in [2.24, 2.45) is 23.1 Å². The number of rotatable bonds is 5. The Labute approximate surface area is 108 Å². The van der Waals surface area contributed by atoms with Crippen LogP contribution in [0.3, 0.4) is 0 Å². The summed E-state index contributed by atoms with van der Waals surface area (Å²) < 4.78 is 0. The molecule has 2 heteroatoms. The zero-order chi connectivity index (χ0) is 12.9. The van der Waals surface area contributed by atoms with Gasteiger partial charge in [0.2, 0.25) is 0 Å². The van der Waals surface area contributed by atoms with Crippen LogP contribution in [0.1, 0.15) is 72.6 Å². The van der Waals surface area contributed by atoms with Crippen LogP contribution < -0.4 is 11.3 Å². The average Bonchev–Trinajstić information content (AvgIpc) is 2.28. The highest BCUT2D eigenvalue weighted by atomic mass is 15.2. The molecule has 0 spiro atoms. The molecule has 102 valence electrons. The van der Waals surface area contributed by atoms with E-state index >= 15 is 0 Å². The van der Waals surface area contributed by atoms with E-state index in [0.29, 0.717) is 17.4 Å². The second kappa shape index (κ2) is 6.75. The molecule has 0 aromatic heterocycles. The summed E-state index contributed by atoms with van der Waals surface area (Å²) in [6.07, 6.45) is 9.61. The molecule has 2 atom stereocenters. The van der Waals surface area contributed by atoms with Gasteiger partial charge in [0.05, 0.1) is 0 Å². The van der Waals surface area contributed by atoms with Gasteiger partial charge in [-0.2, -0.15) is 0 Å². The van der Waals surface area contributed by atoms with Gasteiger partial charge in [-0.15, -0.1) is 0 Å². The van der Waals surface area contributed by atoms with Gasteiger partial charge in [0.25, 0.3) is 0 Å². The van der Waals surface area contributed by atoms with Gasteiger partial charge < -0.3 is 0 Å². The van der Waals surface area contributed by atoms with Crippen molar-refractivity contribution in [3.63, 3.8) is 0 Å². The van der Waals surface area contributed by atoms with Gasteiger partial charge >= 0.3 is 0 Å². The molecule has 0 heterocycles. The molecular weight excluding hydrogens is 208 g/mol. The fourth-order valence-corrected chi connectivity index (χ4v) is 2.84. The third-order valence-electron chi connectivity index (χ3n) is 4.69. The van der Waals surface area contributed by atoms with E-state index in [4.69, 9.17) is 5.84 Å². The maximum Gasteiger partial charge on any atom is 0.0215 e. The highest BCUT2D eigenvalue weighted by molar-refractivity contribution is 4.79. The standard InChI is InChI=1S/C15H32N2/c1-12(15(2,3)4)10-14(17-16)11-13-8-6-5-7-9-13/h12-14,17H,5-11,16H2,1-4H3. The predicted molar refractivity (Wildman–Crippen MR) is 75.5 cm³/mol. The lowest BCUT2D eigenvalue weighted by Gasteiger charge is -2.32. The van der Waals surface area contributed by atoms with Crippen molar-refractivity contribution >= 4 is 0 Å². The summed E-state index contributed by atoms with van der Waals surface area (Å²) in [6, 6.07) is 0.507. The summed E-state index contributed by atoms with van der Waals surface area (Å²) in [4.78, 5) is 0. The van der Waals surface area contributed by atoms with Crippen LogP contribution in [-0.4, -0.2) is 6.04 Å². The Bertz CT molecular complexity index is 201. The predicted octanol–water partition coefficient (Wildman–Crippen LogP) is 3.86. The average molecular weight is 240 g/mol. The van der Waals surface area contributed by atoms with E-state index in [1.807, 2.05) is 0 Å². The lowest BCUT2D eigenvalue weighted by Crippen LogP contribution is -2.39. The molecule has 1 aliphatic carbocycles. The molecule has 0 radical (unpaired) electrons. The molecule has 2 nitrogen and oxygen atoms in total. The molecule has 2 unspecified atom stereocenters. The van der Waals surface area contributed by atoms with Crippen LogP contribution >= 0.6 is 0 Å². The van der Waals surface area contributed by atoms with E-state index < -0.39 is 0 Å². The molecule has 0 aromatic carbocycles. The second-order valence-corrected chi connectivity index (χ2v) is 7.11. The quantitative estimate of drug-likeness (QED) is 0.565. The normalized spacial score (nSPS) is 22.4. The van der Waals surface area contributed by atoms with Crippen molar-refractivity contribution in [2.75, 3.05) is 0 Å². The smallest absolute Gasteiger partial charge is 0.0215 e. The van der Waals surface area contributed by atoms with E-state index in [-0.39, 0.29) is 0 Å². The Balaban J connectivity index is 2.37. The lowest BCUT2D eigenvalue weighted by atomic mass is 9.76. The monoisotopic (exact) mass is 240 g/mol. The van der Waals surface area contributed by atoms with Crippen LogP contribution in [0.5, 0.6) is 0 Å². The molecule has 1 aliphatic rings. The number of hydrogen-bond acceptors (Lipinski definition) is 2. The molecule has 17 heavy (non-hydrogen) atoms. The maximum atomic E-state index is 5.73. The van der Waals surface area contributed by atoms with Crippen molar-refractivity contribution in [3.8, 4) is 0 Å². The molecule has 0 aromatic rings. The molecule has 0 saturated heterocycles. The second-order valence-electron chi connectivity index (χ2n) is 7.11. The Hall–Kier alpha value is -0.0800. The molecular formula is C15H32N2. The van der Waals surface area contributed by atoms with Gasteiger partial charge in [-0.1, -0.05) is 59.8 Å². The minimum atomic E-state index is 0.391. The van der Waals surface area contributed by atoms with Crippen LogP contribution in [0.2, 0.25) is 0 Å².